The lowest BCUT2D eigenvalue weighted by Gasteiger charge is -2.01. The van der Waals surface area contributed by atoms with E-state index in [1.807, 2.05) is 0 Å². The molecular weight excluding hydrogens is 168 g/mol. The summed E-state index contributed by atoms with van der Waals surface area (Å²) in [5, 5.41) is 0. The summed E-state index contributed by atoms with van der Waals surface area (Å²) in [6, 6.07) is 0. The van der Waals surface area contributed by atoms with Crippen LogP contribution in [0, 0.1) is 13.3 Å². The summed E-state index contributed by atoms with van der Waals surface area (Å²) in [6.45, 7) is 6.01. The van der Waals surface area contributed by atoms with Crippen LogP contribution in [-0.4, -0.2) is 0 Å². The second-order valence-electron chi connectivity index (χ2n) is 4.23. The molecule has 0 aromatic rings. The van der Waals surface area contributed by atoms with Crippen LogP contribution in [0.4, 0.5) is 0 Å². The van der Waals surface area contributed by atoms with Gasteiger partial charge in [-0.2, -0.15) is 0 Å². The molecule has 2 radical (unpaired) electrons. The summed E-state index contributed by atoms with van der Waals surface area (Å²) in [4.78, 5) is 0. The van der Waals surface area contributed by atoms with Crippen LogP contribution in [0.3, 0.4) is 0 Å². The van der Waals surface area contributed by atoms with Crippen molar-refractivity contribution in [3.05, 3.63) is 13.3 Å². The van der Waals surface area contributed by atoms with Crippen LogP contribution < -0.4 is 0 Å². The molecule has 14 heavy (non-hydrogen) atoms. The average molecular weight is 196 g/mol. The highest BCUT2D eigenvalue weighted by atomic mass is 14.0. The molecule has 0 heterocycles. The van der Waals surface area contributed by atoms with Gasteiger partial charge in [0.05, 0.1) is 0 Å². The van der Waals surface area contributed by atoms with Gasteiger partial charge in [-0.3, -0.25) is 0 Å². The molecule has 0 atom stereocenters. The van der Waals surface area contributed by atoms with Crippen LogP contribution in [0.2, 0.25) is 0 Å². The Hall–Kier alpha value is 0. The van der Waals surface area contributed by atoms with Crippen LogP contribution in [0.1, 0.15) is 77.6 Å². The highest BCUT2D eigenvalue weighted by molar-refractivity contribution is 4.55. The zero-order valence-corrected chi connectivity index (χ0v) is 10.1. The summed E-state index contributed by atoms with van der Waals surface area (Å²) in [5.41, 5.74) is 0. The molecule has 0 rings (SSSR count). The first kappa shape index (κ1) is 14.0. The molecule has 0 aromatic carbocycles. The molecule has 0 saturated carbocycles. The molecule has 0 nitrogen and oxygen atoms in total. The molecule has 0 aliphatic rings. The molecule has 0 spiro atoms. The van der Waals surface area contributed by atoms with E-state index in [-0.39, 0.29) is 0 Å². The van der Waals surface area contributed by atoms with E-state index in [9.17, 15) is 0 Å². The fourth-order valence-electron chi connectivity index (χ4n) is 1.76. The minimum atomic E-state index is 1.12. The van der Waals surface area contributed by atoms with E-state index in [1.165, 1.54) is 64.2 Å². The lowest BCUT2D eigenvalue weighted by atomic mass is 10.1. The molecule has 0 aliphatic carbocycles. The third-order valence-electron chi connectivity index (χ3n) is 2.74. The molecular formula is C14H28. The predicted molar refractivity (Wildman–Crippen MR) is 66.1 cm³/mol. The predicted octanol–water partition coefficient (Wildman–Crippen LogP) is 5.34. The average Bonchev–Trinajstić information content (AvgIpc) is 2.21. The van der Waals surface area contributed by atoms with Crippen molar-refractivity contribution in [1.29, 1.82) is 0 Å². The van der Waals surface area contributed by atoms with Crippen LogP contribution in [0.5, 0.6) is 0 Å². The van der Waals surface area contributed by atoms with Gasteiger partial charge in [0.2, 0.25) is 0 Å². The maximum absolute atomic E-state index is 3.86. The van der Waals surface area contributed by atoms with Crippen molar-refractivity contribution in [2.24, 2.45) is 0 Å². The Balaban J connectivity index is 2.78. The van der Waals surface area contributed by atoms with E-state index in [1.54, 1.807) is 0 Å². The van der Waals surface area contributed by atoms with E-state index in [2.05, 4.69) is 20.3 Å². The van der Waals surface area contributed by atoms with Crippen LogP contribution >= 0.6 is 0 Å². The molecule has 0 bridgehead atoms. The topological polar surface area (TPSA) is 0 Å². The smallest absolute Gasteiger partial charge is 0.0417 e. The van der Waals surface area contributed by atoms with Gasteiger partial charge in [-0.25, -0.2) is 0 Å². The van der Waals surface area contributed by atoms with Crippen LogP contribution in [0.25, 0.3) is 0 Å². The van der Waals surface area contributed by atoms with E-state index in [0.29, 0.717) is 0 Å². The zero-order chi connectivity index (χ0) is 10.5. The molecule has 0 aromatic heterocycles. The van der Waals surface area contributed by atoms with Gasteiger partial charge in [0, 0.05) is 0 Å². The summed E-state index contributed by atoms with van der Waals surface area (Å²) in [5.74, 6) is 0. The minimum absolute atomic E-state index is 1.12. The van der Waals surface area contributed by atoms with Crippen molar-refractivity contribution in [3.8, 4) is 0 Å². The SMILES string of the molecule is [CH2]CCCCCCCCCCC[CH]C. The zero-order valence-electron chi connectivity index (χ0n) is 10.1. The normalized spacial score (nSPS) is 10.7. The Labute approximate surface area is 91.5 Å². The summed E-state index contributed by atoms with van der Waals surface area (Å²) in [6.07, 6.45) is 17.5. The van der Waals surface area contributed by atoms with Crippen molar-refractivity contribution in [2.75, 3.05) is 0 Å². The second kappa shape index (κ2) is 13.0. The number of rotatable bonds is 11. The molecule has 0 fully saturated rings. The lowest BCUT2D eigenvalue weighted by molar-refractivity contribution is 0.559. The fraction of sp³-hybridized carbons (Fsp3) is 0.857. The van der Waals surface area contributed by atoms with Crippen molar-refractivity contribution in [1.82, 2.24) is 0 Å². The van der Waals surface area contributed by atoms with Gasteiger partial charge >= 0.3 is 0 Å². The third kappa shape index (κ3) is 12.0. The first-order valence-electron chi connectivity index (χ1n) is 6.49. The Bertz CT molecular complexity index is 74.0. The second-order valence-corrected chi connectivity index (χ2v) is 4.23. The Morgan fingerprint density at radius 2 is 1.14 bits per heavy atom. The number of hydrogen-bond acceptors (Lipinski definition) is 0. The Kier molecular flexibility index (Phi) is 13.0. The lowest BCUT2D eigenvalue weighted by Crippen LogP contribution is -1.81. The van der Waals surface area contributed by atoms with Crippen molar-refractivity contribution in [3.63, 3.8) is 0 Å². The van der Waals surface area contributed by atoms with Crippen LogP contribution in [0.15, 0.2) is 0 Å². The van der Waals surface area contributed by atoms with Gasteiger partial charge in [-0.05, 0) is 6.42 Å². The van der Waals surface area contributed by atoms with E-state index < -0.39 is 0 Å². The summed E-state index contributed by atoms with van der Waals surface area (Å²) in [7, 11) is 0. The van der Waals surface area contributed by atoms with Crippen molar-refractivity contribution in [2.45, 2.75) is 77.6 Å². The van der Waals surface area contributed by atoms with Gasteiger partial charge in [0.1, 0.15) is 0 Å². The molecule has 0 amide bonds. The highest BCUT2D eigenvalue weighted by Crippen LogP contribution is 2.11. The first-order valence-corrected chi connectivity index (χ1v) is 6.49. The standard InChI is InChI=1S/C14H28/c1-3-5-7-9-11-13-14-12-10-8-6-4-2/h4H,1,3,5-14H2,2H3. The first-order chi connectivity index (χ1) is 6.91. The largest absolute Gasteiger partial charge is 0.0623 e. The quantitative estimate of drug-likeness (QED) is 0.391. The maximum Gasteiger partial charge on any atom is -0.0417 e. The molecule has 0 unspecified atom stereocenters. The van der Waals surface area contributed by atoms with Gasteiger partial charge in [0.15, 0.2) is 0 Å². The van der Waals surface area contributed by atoms with Crippen LogP contribution in [-0.2, 0) is 0 Å². The molecule has 0 aliphatic heterocycles. The molecule has 0 saturated heterocycles. The summed E-state index contributed by atoms with van der Waals surface area (Å²) >= 11 is 0. The number of unbranched alkanes of at least 4 members (excludes halogenated alkanes) is 11. The number of hydrogen-bond donors (Lipinski definition) is 0. The Morgan fingerprint density at radius 1 is 0.714 bits per heavy atom. The molecule has 0 heteroatoms. The van der Waals surface area contributed by atoms with Crippen molar-refractivity contribution < 1.29 is 0 Å². The van der Waals surface area contributed by atoms with Gasteiger partial charge in [-0.1, -0.05) is 84.5 Å². The summed E-state index contributed by atoms with van der Waals surface area (Å²) < 4.78 is 0. The molecule has 0 N–H and O–H groups in total. The van der Waals surface area contributed by atoms with Gasteiger partial charge in [0.25, 0.3) is 0 Å². The van der Waals surface area contributed by atoms with Gasteiger partial charge in [-0.15, -0.1) is 0 Å². The highest BCUT2D eigenvalue weighted by Gasteiger charge is 1.91. The van der Waals surface area contributed by atoms with E-state index in [4.69, 9.17) is 0 Å². The molecule has 84 valence electrons. The van der Waals surface area contributed by atoms with Gasteiger partial charge < -0.3 is 0 Å². The third-order valence-corrected chi connectivity index (χ3v) is 2.74. The van der Waals surface area contributed by atoms with E-state index in [0.717, 1.165) is 6.42 Å². The minimum Gasteiger partial charge on any atom is -0.0623 e. The fourth-order valence-corrected chi connectivity index (χ4v) is 1.76. The van der Waals surface area contributed by atoms with E-state index >= 15 is 0 Å². The maximum atomic E-state index is 3.86. The monoisotopic (exact) mass is 196 g/mol. The van der Waals surface area contributed by atoms with Crippen molar-refractivity contribution >= 4 is 0 Å². The Morgan fingerprint density at radius 3 is 1.57 bits per heavy atom.